The number of rotatable bonds is 5. The zero-order chi connectivity index (χ0) is 21.5. The van der Waals surface area contributed by atoms with Crippen LogP contribution < -0.4 is 5.32 Å². The average Bonchev–Trinajstić information content (AvgIpc) is 3.14. The van der Waals surface area contributed by atoms with Gasteiger partial charge in [0, 0.05) is 38.6 Å². The number of urea groups is 1. The Morgan fingerprint density at radius 1 is 1.13 bits per heavy atom. The number of carbonyl (C=O) groups excluding carboxylic acids is 1. The standard InChI is InChI=1S/C22H26N4O4S/c27-21(24-11-8-17-4-2-1-3-5-17)25-14-19-12-20-22(15-25,30-19)16-26(31(20,28)29)13-18-6-9-23-10-7-18/h1-7,9-10,19-20H,8,11-16H2,(H,24,27)/t19-,20+,22+/m1/s1. The topological polar surface area (TPSA) is 91.8 Å². The summed E-state index contributed by atoms with van der Waals surface area (Å²) in [7, 11) is -3.50. The monoisotopic (exact) mass is 442 g/mol. The summed E-state index contributed by atoms with van der Waals surface area (Å²) < 4.78 is 34.2. The first-order valence-corrected chi connectivity index (χ1v) is 12.1. The number of benzene rings is 1. The Morgan fingerprint density at radius 3 is 2.68 bits per heavy atom. The first-order chi connectivity index (χ1) is 15.0. The number of ether oxygens (including phenoxy) is 1. The fourth-order valence-corrected chi connectivity index (χ4v) is 7.30. The Labute approximate surface area is 182 Å². The average molecular weight is 443 g/mol. The maximum absolute atomic E-state index is 13.2. The number of carbonyl (C=O) groups is 1. The zero-order valence-corrected chi connectivity index (χ0v) is 18.0. The van der Waals surface area contributed by atoms with Crippen LogP contribution >= 0.6 is 0 Å². The molecule has 3 atom stereocenters. The van der Waals surface area contributed by atoms with Crippen LogP contribution in [-0.4, -0.2) is 71.8 Å². The largest absolute Gasteiger partial charge is 0.365 e. The minimum Gasteiger partial charge on any atom is -0.365 e. The second kappa shape index (κ2) is 7.89. The number of morpholine rings is 1. The van der Waals surface area contributed by atoms with Gasteiger partial charge in [0.15, 0.2) is 0 Å². The van der Waals surface area contributed by atoms with Gasteiger partial charge in [0.05, 0.1) is 12.6 Å². The van der Waals surface area contributed by atoms with Crippen molar-refractivity contribution in [3.05, 3.63) is 66.0 Å². The lowest BCUT2D eigenvalue weighted by molar-refractivity contribution is -0.0957. The molecule has 2 aromatic rings. The molecule has 4 heterocycles. The zero-order valence-electron chi connectivity index (χ0n) is 17.2. The summed E-state index contributed by atoms with van der Waals surface area (Å²) in [5.74, 6) is 0. The van der Waals surface area contributed by atoms with E-state index in [1.165, 1.54) is 4.31 Å². The Morgan fingerprint density at radius 2 is 1.90 bits per heavy atom. The molecule has 5 rings (SSSR count). The lowest BCUT2D eigenvalue weighted by Gasteiger charge is -2.39. The molecule has 1 aromatic carbocycles. The lowest BCUT2D eigenvalue weighted by Crippen LogP contribution is -2.58. The third kappa shape index (κ3) is 3.81. The van der Waals surface area contributed by atoms with Crippen LogP contribution in [0.4, 0.5) is 4.79 Å². The Kier molecular flexibility index (Phi) is 5.19. The van der Waals surface area contributed by atoms with E-state index in [-0.39, 0.29) is 25.2 Å². The molecule has 3 fully saturated rings. The summed E-state index contributed by atoms with van der Waals surface area (Å²) in [6, 6.07) is 13.5. The van der Waals surface area contributed by atoms with Gasteiger partial charge in [-0.3, -0.25) is 4.98 Å². The van der Waals surface area contributed by atoms with Crippen molar-refractivity contribution in [3.63, 3.8) is 0 Å². The molecule has 31 heavy (non-hydrogen) atoms. The smallest absolute Gasteiger partial charge is 0.317 e. The van der Waals surface area contributed by atoms with E-state index in [4.69, 9.17) is 4.74 Å². The second-order valence-electron chi connectivity index (χ2n) is 8.55. The lowest BCUT2D eigenvalue weighted by atomic mass is 9.99. The number of nitrogens with one attached hydrogen (secondary N) is 1. The van der Waals surface area contributed by atoms with Gasteiger partial charge in [-0.1, -0.05) is 30.3 Å². The highest BCUT2D eigenvalue weighted by Gasteiger charge is 2.65. The van der Waals surface area contributed by atoms with E-state index in [2.05, 4.69) is 10.3 Å². The van der Waals surface area contributed by atoms with Crippen molar-refractivity contribution in [2.24, 2.45) is 0 Å². The van der Waals surface area contributed by atoms with Gasteiger partial charge in [-0.15, -0.1) is 0 Å². The van der Waals surface area contributed by atoms with Gasteiger partial charge in [-0.2, -0.15) is 4.31 Å². The summed E-state index contributed by atoms with van der Waals surface area (Å²) in [6.45, 7) is 1.81. The van der Waals surface area contributed by atoms with Crippen molar-refractivity contribution in [3.8, 4) is 0 Å². The van der Waals surface area contributed by atoms with Gasteiger partial charge in [-0.05, 0) is 36.1 Å². The fraction of sp³-hybridized carbons (Fsp3) is 0.455. The van der Waals surface area contributed by atoms with Crippen LogP contribution in [0.2, 0.25) is 0 Å². The van der Waals surface area contributed by atoms with Crippen molar-refractivity contribution in [1.29, 1.82) is 0 Å². The predicted octanol–water partition coefficient (Wildman–Crippen LogP) is 1.39. The maximum atomic E-state index is 13.2. The van der Waals surface area contributed by atoms with E-state index in [0.717, 1.165) is 17.5 Å². The van der Waals surface area contributed by atoms with E-state index in [0.29, 0.717) is 26.1 Å². The summed E-state index contributed by atoms with van der Waals surface area (Å²) >= 11 is 0. The number of pyridine rings is 1. The summed E-state index contributed by atoms with van der Waals surface area (Å²) in [6.07, 6.45) is 4.26. The number of amides is 2. The van der Waals surface area contributed by atoms with Crippen molar-refractivity contribution in [2.45, 2.75) is 36.3 Å². The number of aromatic nitrogens is 1. The van der Waals surface area contributed by atoms with Crippen LogP contribution in [0.3, 0.4) is 0 Å². The van der Waals surface area contributed by atoms with Crippen LogP contribution in [0.15, 0.2) is 54.9 Å². The van der Waals surface area contributed by atoms with Crippen LogP contribution in [0.1, 0.15) is 17.5 Å². The van der Waals surface area contributed by atoms with Gasteiger partial charge < -0.3 is 15.0 Å². The summed E-state index contributed by atoms with van der Waals surface area (Å²) in [5.41, 5.74) is 1.20. The maximum Gasteiger partial charge on any atom is 0.317 e. The van der Waals surface area contributed by atoms with Crippen LogP contribution in [0.5, 0.6) is 0 Å². The van der Waals surface area contributed by atoms with Gasteiger partial charge in [-0.25, -0.2) is 13.2 Å². The number of fused-ring (bicyclic) bond motifs is 1. The normalized spacial score (nSPS) is 29.0. The van der Waals surface area contributed by atoms with Crippen molar-refractivity contribution < 1.29 is 17.9 Å². The van der Waals surface area contributed by atoms with Crippen LogP contribution in [0.25, 0.3) is 0 Å². The highest BCUT2D eigenvalue weighted by molar-refractivity contribution is 7.90. The van der Waals surface area contributed by atoms with Crippen molar-refractivity contribution in [2.75, 3.05) is 26.2 Å². The van der Waals surface area contributed by atoms with E-state index in [1.807, 2.05) is 42.5 Å². The molecule has 0 unspecified atom stereocenters. The molecule has 3 aliphatic rings. The van der Waals surface area contributed by atoms with E-state index in [1.54, 1.807) is 17.3 Å². The molecule has 3 aliphatic heterocycles. The number of hydrogen-bond donors (Lipinski definition) is 1. The predicted molar refractivity (Wildman–Crippen MR) is 115 cm³/mol. The van der Waals surface area contributed by atoms with Crippen molar-refractivity contribution >= 4 is 16.1 Å². The molecule has 0 aliphatic carbocycles. The van der Waals surface area contributed by atoms with Gasteiger partial charge in [0.25, 0.3) is 0 Å². The van der Waals surface area contributed by atoms with Crippen LogP contribution in [-0.2, 0) is 27.7 Å². The molecule has 2 amide bonds. The van der Waals surface area contributed by atoms with Gasteiger partial charge >= 0.3 is 6.03 Å². The van der Waals surface area contributed by atoms with Crippen LogP contribution in [0, 0.1) is 0 Å². The minimum absolute atomic E-state index is 0.158. The van der Waals surface area contributed by atoms with Gasteiger partial charge in [0.2, 0.25) is 10.0 Å². The molecule has 1 aromatic heterocycles. The molecule has 164 valence electrons. The minimum atomic E-state index is -3.50. The Hall–Kier alpha value is -2.49. The SMILES string of the molecule is O=C(NCCc1ccccc1)N1C[C@H]2C[C@H]3[C@](C1)(CN(Cc1ccncc1)S3(=O)=O)O2. The summed E-state index contributed by atoms with van der Waals surface area (Å²) in [4.78, 5) is 18.5. The molecule has 1 N–H and O–H groups in total. The molecule has 8 nitrogen and oxygen atoms in total. The quantitative estimate of drug-likeness (QED) is 0.756. The summed E-state index contributed by atoms with van der Waals surface area (Å²) in [5, 5.41) is 2.38. The molecule has 1 spiro atoms. The van der Waals surface area contributed by atoms with E-state index >= 15 is 0 Å². The number of sulfonamides is 1. The Bertz CT molecular complexity index is 1050. The molecule has 2 bridgehead atoms. The molecular weight excluding hydrogens is 416 g/mol. The van der Waals surface area contributed by atoms with Crippen molar-refractivity contribution in [1.82, 2.24) is 19.5 Å². The van der Waals surface area contributed by atoms with Gasteiger partial charge in [0.1, 0.15) is 10.9 Å². The van der Waals surface area contributed by atoms with E-state index < -0.39 is 20.9 Å². The second-order valence-corrected chi connectivity index (χ2v) is 10.7. The molecule has 3 saturated heterocycles. The first-order valence-electron chi connectivity index (χ1n) is 10.6. The number of hydrogen-bond acceptors (Lipinski definition) is 5. The molecule has 0 saturated carbocycles. The third-order valence-electron chi connectivity index (χ3n) is 6.44. The molecule has 9 heteroatoms. The van der Waals surface area contributed by atoms with E-state index in [9.17, 15) is 13.2 Å². The highest BCUT2D eigenvalue weighted by atomic mass is 32.2. The third-order valence-corrected chi connectivity index (χ3v) is 8.76. The molecular formula is C22H26N4O4S. The number of likely N-dealkylation sites (tertiary alicyclic amines) is 1. The fourth-order valence-electron chi connectivity index (χ4n) is 5.01. The Balaban J connectivity index is 1.26. The highest BCUT2D eigenvalue weighted by Crippen LogP contribution is 2.46. The number of nitrogens with zero attached hydrogens (tertiary/aromatic N) is 3. The molecule has 0 radical (unpaired) electrons. The first kappa shape index (κ1) is 20.4.